The van der Waals surface area contributed by atoms with Crippen LogP contribution in [0.3, 0.4) is 0 Å². The summed E-state index contributed by atoms with van der Waals surface area (Å²) in [6.45, 7) is 0.684. The summed E-state index contributed by atoms with van der Waals surface area (Å²) >= 11 is 3.45. The molecule has 0 aromatic heterocycles. The highest BCUT2D eigenvalue weighted by atomic mass is 79.9. The number of hydrogen-bond acceptors (Lipinski definition) is 2. The number of amides is 1. The highest BCUT2D eigenvalue weighted by Crippen LogP contribution is 2.45. The van der Waals surface area contributed by atoms with Gasteiger partial charge in [-0.1, -0.05) is 22.4 Å². The van der Waals surface area contributed by atoms with Crippen LogP contribution in [-0.2, 0) is 16.0 Å². The number of nitrogens with zero attached hydrogens (tertiary/aromatic N) is 1. The van der Waals surface area contributed by atoms with E-state index in [0.29, 0.717) is 19.4 Å². The molecule has 3 rings (SSSR count). The SMILES string of the molecule is O=C(CC1(C(=O)O)CCC1)N1CCCc2cc(Br)ccc21. The van der Waals surface area contributed by atoms with E-state index in [1.807, 2.05) is 18.2 Å². The van der Waals surface area contributed by atoms with Gasteiger partial charge in [0.2, 0.25) is 5.91 Å². The summed E-state index contributed by atoms with van der Waals surface area (Å²) in [5.74, 6) is -0.879. The average Bonchev–Trinajstić information content (AvgIpc) is 2.41. The molecule has 1 saturated carbocycles. The first-order valence-electron chi connectivity index (χ1n) is 7.34. The van der Waals surface area contributed by atoms with Crippen LogP contribution in [0.25, 0.3) is 0 Å². The van der Waals surface area contributed by atoms with Crippen molar-refractivity contribution in [3.63, 3.8) is 0 Å². The Morgan fingerprint density at radius 2 is 2.05 bits per heavy atom. The van der Waals surface area contributed by atoms with Gasteiger partial charge < -0.3 is 10.0 Å². The van der Waals surface area contributed by atoms with Gasteiger partial charge in [0.05, 0.1) is 5.41 Å². The van der Waals surface area contributed by atoms with Crippen LogP contribution in [0, 0.1) is 5.41 Å². The van der Waals surface area contributed by atoms with Crippen molar-refractivity contribution in [1.82, 2.24) is 0 Å². The molecule has 0 atom stereocenters. The fraction of sp³-hybridized carbons (Fsp3) is 0.500. The Labute approximate surface area is 132 Å². The molecule has 1 fully saturated rings. The number of aryl methyl sites for hydroxylation is 1. The summed E-state index contributed by atoms with van der Waals surface area (Å²) in [5, 5.41) is 9.39. The molecular weight excluding hydrogens is 334 g/mol. The number of carboxylic acid groups (broad SMARTS) is 1. The second kappa shape index (κ2) is 5.44. The molecule has 0 radical (unpaired) electrons. The molecule has 1 amide bonds. The topological polar surface area (TPSA) is 57.6 Å². The lowest BCUT2D eigenvalue weighted by Crippen LogP contribution is -2.45. The first kappa shape index (κ1) is 14.6. The molecule has 21 heavy (non-hydrogen) atoms. The largest absolute Gasteiger partial charge is 0.481 e. The van der Waals surface area contributed by atoms with E-state index in [1.165, 1.54) is 0 Å². The molecule has 1 heterocycles. The van der Waals surface area contributed by atoms with Crippen LogP contribution in [0.1, 0.15) is 37.7 Å². The van der Waals surface area contributed by atoms with Gasteiger partial charge in [-0.15, -0.1) is 0 Å². The van der Waals surface area contributed by atoms with E-state index in [4.69, 9.17) is 0 Å². The van der Waals surface area contributed by atoms with Gasteiger partial charge in [0.1, 0.15) is 0 Å². The van der Waals surface area contributed by atoms with Crippen LogP contribution in [0.5, 0.6) is 0 Å². The van der Waals surface area contributed by atoms with Crippen LogP contribution in [0.4, 0.5) is 5.69 Å². The van der Waals surface area contributed by atoms with Crippen LogP contribution >= 0.6 is 15.9 Å². The summed E-state index contributed by atoms with van der Waals surface area (Å²) in [5.41, 5.74) is 1.28. The van der Waals surface area contributed by atoms with E-state index in [2.05, 4.69) is 15.9 Å². The summed E-state index contributed by atoms with van der Waals surface area (Å²) in [6, 6.07) is 5.93. The van der Waals surface area contributed by atoms with E-state index in [-0.39, 0.29) is 12.3 Å². The Morgan fingerprint density at radius 3 is 2.67 bits per heavy atom. The maximum Gasteiger partial charge on any atom is 0.310 e. The zero-order valence-electron chi connectivity index (χ0n) is 11.8. The van der Waals surface area contributed by atoms with Gasteiger partial charge in [0.25, 0.3) is 0 Å². The molecule has 1 aromatic carbocycles. The maximum atomic E-state index is 12.6. The number of aliphatic carboxylic acids is 1. The zero-order chi connectivity index (χ0) is 15.0. The third-order valence-electron chi connectivity index (χ3n) is 4.72. The normalized spacial score (nSPS) is 19.6. The summed E-state index contributed by atoms with van der Waals surface area (Å²) in [7, 11) is 0. The van der Waals surface area contributed by atoms with Gasteiger partial charge in [0, 0.05) is 23.1 Å². The Kier molecular flexibility index (Phi) is 3.78. The molecule has 0 saturated heterocycles. The third-order valence-corrected chi connectivity index (χ3v) is 5.21. The minimum Gasteiger partial charge on any atom is -0.481 e. The van der Waals surface area contributed by atoms with Crippen molar-refractivity contribution in [2.45, 2.75) is 38.5 Å². The number of carbonyl (C=O) groups excluding carboxylic acids is 1. The molecule has 0 bridgehead atoms. The first-order chi connectivity index (χ1) is 10.0. The molecule has 0 unspecified atom stereocenters. The molecule has 0 spiro atoms. The fourth-order valence-corrected chi connectivity index (χ4v) is 3.69. The Morgan fingerprint density at radius 1 is 1.29 bits per heavy atom. The summed E-state index contributed by atoms with van der Waals surface area (Å²) in [4.78, 5) is 25.8. The Balaban J connectivity index is 1.82. The number of fused-ring (bicyclic) bond motifs is 1. The second-order valence-corrected chi connectivity index (χ2v) is 6.95. The van der Waals surface area contributed by atoms with Crippen molar-refractivity contribution < 1.29 is 14.7 Å². The highest BCUT2D eigenvalue weighted by molar-refractivity contribution is 9.10. The summed E-state index contributed by atoms with van der Waals surface area (Å²) < 4.78 is 1.01. The van der Waals surface area contributed by atoms with Gasteiger partial charge in [-0.05, 0) is 49.4 Å². The van der Waals surface area contributed by atoms with E-state index in [9.17, 15) is 14.7 Å². The number of carboxylic acids is 1. The average molecular weight is 352 g/mol. The number of carbonyl (C=O) groups is 2. The van der Waals surface area contributed by atoms with Gasteiger partial charge in [-0.3, -0.25) is 9.59 Å². The second-order valence-electron chi connectivity index (χ2n) is 6.04. The third kappa shape index (κ3) is 2.59. The predicted molar refractivity (Wildman–Crippen MR) is 83.4 cm³/mol. The van der Waals surface area contributed by atoms with Gasteiger partial charge in [-0.2, -0.15) is 0 Å². The van der Waals surface area contributed by atoms with E-state index < -0.39 is 11.4 Å². The van der Waals surface area contributed by atoms with Crippen molar-refractivity contribution in [2.24, 2.45) is 5.41 Å². The molecule has 1 aliphatic heterocycles. The standard InChI is InChI=1S/C16H18BrNO3/c17-12-4-5-13-11(9-12)3-1-8-18(13)14(19)10-16(15(20)21)6-2-7-16/h4-5,9H,1-3,6-8,10H2,(H,20,21). The summed E-state index contributed by atoms with van der Waals surface area (Å²) in [6.07, 6.45) is 4.16. The molecule has 1 aliphatic carbocycles. The maximum absolute atomic E-state index is 12.6. The number of halogens is 1. The van der Waals surface area contributed by atoms with E-state index >= 15 is 0 Å². The molecule has 2 aliphatic rings. The fourth-order valence-electron chi connectivity index (χ4n) is 3.28. The van der Waals surface area contributed by atoms with Crippen molar-refractivity contribution in [1.29, 1.82) is 0 Å². The number of hydrogen-bond donors (Lipinski definition) is 1. The van der Waals surface area contributed by atoms with Crippen molar-refractivity contribution in [2.75, 3.05) is 11.4 Å². The minimum absolute atomic E-state index is 0.0552. The molecular formula is C16H18BrNO3. The minimum atomic E-state index is -0.824. The van der Waals surface area contributed by atoms with Crippen LogP contribution in [-0.4, -0.2) is 23.5 Å². The smallest absolute Gasteiger partial charge is 0.310 e. The van der Waals surface area contributed by atoms with Gasteiger partial charge >= 0.3 is 5.97 Å². The van der Waals surface area contributed by atoms with Crippen molar-refractivity contribution in [3.05, 3.63) is 28.2 Å². The Hall–Kier alpha value is -1.36. The van der Waals surface area contributed by atoms with Crippen molar-refractivity contribution in [3.8, 4) is 0 Å². The van der Waals surface area contributed by atoms with Crippen LogP contribution < -0.4 is 4.90 Å². The van der Waals surface area contributed by atoms with E-state index in [0.717, 1.165) is 35.0 Å². The highest BCUT2D eigenvalue weighted by Gasteiger charge is 2.46. The number of anilines is 1. The molecule has 5 heteroatoms. The number of benzene rings is 1. The van der Waals surface area contributed by atoms with Crippen LogP contribution in [0.15, 0.2) is 22.7 Å². The van der Waals surface area contributed by atoms with E-state index in [1.54, 1.807) is 4.90 Å². The van der Waals surface area contributed by atoms with Gasteiger partial charge in [-0.25, -0.2) is 0 Å². The molecule has 112 valence electrons. The molecule has 1 N–H and O–H groups in total. The quantitative estimate of drug-likeness (QED) is 0.907. The first-order valence-corrected chi connectivity index (χ1v) is 8.13. The lowest BCUT2D eigenvalue weighted by atomic mass is 9.66. The lowest BCUT2D eigenvalue weighted by Gasteiger charge is -2.39. The van der Waals surface area contributed by atoms with Crippen LogP contribution in [0.2, 0.25) is 0 Å². The lowest BCUT2D eigenvalue weighted by molar-refractivity contribution is -0.157. The molecule has 4 nitrogen and oxygen atoms in total. The predicted octanol–water partition coefficient (Wildman–Crippen LogP) is 3.37. The molecule has 1 aromatic rings. The van der Waals surface area contributed by atoms with Gasteiger partial charge in [0.15, 0.2) is 0 Å². The van der Waals surface area contributed by atoms with Crippen molar-refractivity contribution >= 4 is 33.5 Å². The monoisotopic (exact) mass is 351 g/mol. The number of rotatable bonds is 3. The Bertz CT molecular complexity index is 595. The zero-order valence-corrected chi connectivity index (χ0v) is 13.4.